The molecular weight excluding hydrogens is 319 g/mol. The Morgan fingerprint density at radius 3 is 2.38 bits per heavy atom. The summed E-state index contributed by atoms with van der Waals surface area (Å²) >= 11 is 0. The van der Waals surface area contributed by atoms with E-state index in [0.717, 1.165) is 16.4 Å². The van der Waals surface area contributed by atoms with Crippen LogP contribution in [0, 0.1) is 0 Å². The number of hydrogen-bond acceptors (Lipinski definition) is 2. The Morgan fingerprint density at radius 1 is 1.21 bits per heavy atom. The number of aromatic nitrogens is 2. The molecule has 1 aromatic carbocycles. The zero-order chi connectivity index (χ0) is 18.3. The lowest BCUT2D eigenvalue weighted by atomic mass is 9.87. The van der Waals surface area contributed by atoms with Gasteiger partial charge in [-0.3, -0.25) is 9.48 Å². The SMILES string of the molecule is CN(C(=O)c1cn(C)nc1C(F)(F)F)c1cccc(C(C)(C)C)c1. The normalized spacial score (nSPS) is 12.3. The molecular formula is C17H20F3N3O. The summed E-state index contributed by atoms with van der Waals surface area (Å²) in [6, 6.07) is 7.21. The van der Waals surface area contributed by atoms with Gasteiger partial charge in [-0.2, -0.15) is 18.3 Å². The summed E-state index contributed by atoms with van der Waals surface area (Å²) in [6.45, 7) is 6.07. The molecule has 1 heterocycles. The molecule has 130 valence electrons. The van der Waals surface area contributed by atoms with Crippen molar-refractivity contribution in [1.82, 2.24) is 9.78 Å². The van der Waals surface area contributed by atoms with Crippen molar-refractivity contribution in [1.29, 1.82) is 0 Å². The number of rotatable bonds is 2. The summed E-state index contributed by atoms with van der Waals surface area (Å²) in [5, 5.41) is 3.38. The van der Waals surface area contributed by atoms with Gasteiger partial charge in [-0.1, -0.05) is 32.9 Å². The van der Waals surface area contributed by atoms with Gasteiger partial charge in [0.15, 0.2) is 5.69 Å². The second-order valence-electron chi connectivity index (χ2n) is 6.73. The summed E-state index contributed by atoms with van der Waals surface area (Å²) < 4.78 is 40.2. The van der Waals surface area contributed by atoms with E-state index in [9.17, 15) is 18.0 Å². The van der Waals surface area contributed by atoms with Gasteiger partial charge < -0.3 is 4.90 Å². The predicted molar refractivity (Wildman–Crippen MR) is 86.1 cm³/mol. The largest absolute Gasteiger partial charge is 0.435 e. The summed E-state index contributed by atoms with van der Waals surface area (Å²) in [5.74, 6) is -0.749. The smallest absolute Gasteiger partial charge is 0.311 e. The minimum absolute atomic E-state index is 0.134. The van der Waals surface area contributed by atoms with Crippen LogP contribution in [0.4, 0.5) is 18.9 Å². The maximum Gasteiger partial charge on any atom is 0.435 e. The van der Waals surface area contributed by atoms with Crippen molar-refractivity contribution in [3.8, 4) is 0 Å². The zero-order valence-corrected chi connectivity index (χ0v) is 14.3. The molecule has 0 aliphatic carbocycles. The van der Waals surface area contributed by atoms with Gasteiger partial charge in [-0.05, 0) is 23.1 Å². The highest BCUT2D eigenvalue weighted by Gasteiger charge is 2.39. The molecule has 0 N–H and O–H groups in total. The maximum absolute atomic E-state index is 13.1. The monoisotopic (exact) mass is 339 g/mol. The Bertz CT molecular complexity index is 757. The first kappa shape index (κ1) is 18.0. The Hall–Kier alpha value is -2.31. The first-order chi connectivity index (χ1) is 10.9. The molecule has 1 amide bonds. The molecule has 24 heavy (non-hydrogen) atoms. The van der Waals surface area contributed by atoms with Crippen LogP contribution >= 0.6 is 0 Å². The lowest BCUT2D eigenvalue weighted by Gasteiger charge is -2.23. The van der Waals surface area contributed by atoms with Crippen LogP contribution in [0.25, 0.3) is 0 Å². The number of benzene rings is 1. The van der Waals surface area contributed by atoms with Crippen molar-refractivity contribution in [2.24, 2.45) is 7.05 Å². The van der Waals surface area contributed by atoms with E-state index >= 15 is 0 Å². The minimum Gasteiger partial charge on any atom is -0.311 e. The molecule has 0 aliphatic rings. The Kier molecular flexibility index (Phi) is 4.48. The molecule has 4 nitrogen and oxygen atoms in total. The average molecular weight is 339 g/mol. The van der Waals surface area contributed by atoms with E-state index in [4.69, 9.17) is 0 Å². The van der Waals surface area contributed by atoms with Crippen LogP contribution in [0.1, 0.15) is 42.4 Å². The number of anilines is 1. The van der Waals surface area contributed by atoms with Crippen molar-refractivity contribution in [2.45, 2.75) is 32.4 Å². The number of carbonyl (C=O) groups is 1. The first-order valence-corrected chi connectivity index (χ1v) is 7.40. The molecule has 0 bridgehead atoms. The Balaban J connectivity index is 2.41. The van der Waals surface area contributed by atoms with Crippen molar-refractivity contribution in [3.63, 3.8) is 0 Å². The molecule has 7 heteroatoms. The van der Waals surface area contributed by atoms with Crippen LogP contribution < -0.4 is 4.90 Å². The van der Waals surface area contributed by atoms with Crippen molar-refractivity contribution < 1.29 is 18.0 Å². The quantitative estimate of drug-likeness (QED) is 0.829. The van der Waals surface area contributed by atoms with Crippen molar-refractivity contribution in [2.75, 3.05) is 11.9 Å². The number of nitrogens with zero attached hydrogens (tertiary/aromatic N) is 3. The van der Waals surface area contributed by atoms with Crippen LogP contribution in [0.2, 0.25) is 0 Å². The standard InChI is InChI=1S/C17H20F3N3O/c1-16(2,3)11-7-6-8-12(9-11)23(5)15(24)13-10-22(4)21-14(13)17(18,19)20/h6-10H,1-5H3. The molecule has 0 fully saturated rings. The topological polar surface area (TPSA) is 38.1 Å². The summed E-state index contributed by atoms with van der Waals surface area (Å²) in [5.41, 5.74) is -0.250. The van der Waals surface area contributed by atoms with Gasteiger partial charge >= 0.3 is 6.18 Å². The van der Waals surface area contributed by atoms with Crippen molar-refractivity contribution in [3.05, 3.63) is 47.3 Å². The number of aryl methyl sites for hydroxylation is 1. The summed E-state index contributed by atoms with van der Waals surface area (Å²) in [7, 11) is 2.81. The average Bonchev–Trinajstić information content (AvgIpc) is 2.87. The lowest BCUT2D eigenvalue weighted by Crippen LogP contribution is -2.28. The summed E-state index contributed by atoms with van der Waals surface area (Å²) in [6.07, 6.45) is -3.59. The number of carbonyl (C=O) groups excluding carboxylic acids is 1. The molecule has 0 saturated carbocycles. The molecule has 0 unspecified atom stereocenters. The van der Waals surface area contributed by atoms with Gasteiger partial charge in [0.2, 0.25) is 0 Å². The highest BCUT2D eigenvalue weighted by molar-refractivity contribution is 6.06. The van der Waals surface area contributed by atoms with E-state index in [0.29, 0.717) is 5.69 Å². The first-order valence-electron chi connectivity index (χ1n) is 7.40. The maximum atomic E-state index is 13.1. The third kappa shape index (κ3) is 3.60. The molecule has 0 atom stereocenters. The van der Waals surface area contributed by atoms with E-state index in [-0.39, 0.29) is 5.41 Å². The molecule has 0 saturated heterocycles. The van der Waals surface area contributed by atoms with Crippen LogP contribution in [-0.4, -0.2) is 22.7 Å². The third-order valence-corrected chi connectivity index (χ3v) is 3.73. The fraction of sp³-hybridized carbons (Fsp3) is 0.412. The van der Waals surface area contributed by atoms with Crippen LogP contribution in [-0.2, 0) is 18.6 Å². The highest BCUT2D eigenvalue weighted by Crippen LogP contribution is 2.32. The number of amides is 1. The second kappa shape index (κ2) is 5.96. The third-order valence-electron chi connectivity index (χ3n) is 3.73. The van der Waals surface area contributed by atoms with E-state index in [2.05, 4.69) is 5.10 Å². The van der Waals surface area contributed by atoms with Gasteiger partial charge in [0.25, 0.3) is 5.91 Å². The highest BCUT2D eigenvalue weighted by atomic mass is 19.4. The van der Waals surface area contributed by atoms with Gasteiger partial charge in [0.05, 0.1) is 5.56 Å². The van der Waals surface area contributed by atoms with Crippen LogP contribution in [0.15, 0.2) is 30.5 Å². The molecule has 1 aromatic heterocycles. The van der Waals surface area contributed by atoms with Gasteiger partial charge in [-0.15, -0.1) is 0 Å². The van der Waals surface area contributed by atoms with E-state index in [1.54, 1.807) is 12.1 Å². The molecule has 0 radical (unpaired) electrons. The second-order valence-corrected chi connectivity index (χ2v) is 6.73. The van der Waals surface area contributed by atoms with Crippen molar-refractivity contribution >= 4 is 11.6 Å². The Labute approximate surface area is 138 Å². The predicted octanol–water partition coefficient (Wildman–Crippen LogP) is 4.01. The van der Waals surface area contributed by atoms with E-state index < -0.39 is 23.3 Å². The van der Waals surface area contributed by atoms with E-state index in [1.807, 2.05) is 32.9 Å². The lowest BCUT2D eigenvalue weighted by molar-refractivity contribution is -0.141. The molecule has 2 rings (SSSR count). The summed E-state index contributed by atoms with van der Waals surface area (Å²) in [4.78, 5) is 13.8. The number of halogens is 3. The fourth-order valence-corrected chi connectivity index (χ4v) is 2.33. The fourth-order valence-electron chi connectivity index (χ4n) is 2.33. The zero-order valence-electron chi connectivity index (χ0n) is 14.3. The van der Waals surface area contributed by atoms with Gasteiger partial charge in [-0.25, -0.2) is 0 Å². The molecule has 2 aromatic rings. The van der Waals surface area contributed by atoms with Gasteiger partial charge in [0.1, 0.15) is 0 Å². The molecule has 0 spiro atoms. The number of hydrogen-bond donors (Lipinski definition) is 0. The van der Waals surface area contributed by atoms with E-state index in [1.165, 1.54) is 19.0 Å². The number of alkyl halides is 3. The van der Waals surface area contributed by atoms with Crippen LogP contribution in [0.5, 0.6) is 0 Å². The van der Waals surface area contributed by atoms with Gasteiger partial charge in [0, 0.05) is 26.0 Å². The minimum atomic E-state index is -4.68. The molecule has 0 aliphatic heterocycles. The van der Waals surface area contributed by atoms with Crippen LogP contribution in [0.3, 0.4) is 0 Å². The Morgan fingerprint density at radius 2 is 1.83 bits per heavy atom.